The van der Waals surface area contributed by atoms with E-state index >= 15 is 0 Å². The lowest BCUT2D eigenvalue weighted by Crippen LogP contribution is -2.45. The van der Waals surface area contributed by atoms with Gasteiger partial charge in [-0.2, -0.15) is 0 Å². The van der Waals surface area contributed by atoms with E-state index in [0.717, 1.165) is 11.8 Å². The molecule has 1 N–H and O–H groups in total. The van der Waals surface area contributed by atoms with E-state index in [-0.39, 0.29) is 5.76 Å². The summed E-state index contributed by atoms with van der Waals surface area (Å²) in [6, 6.07) is 4.83. The number of piperidine rings is 1. The number of rotatable bonds is 4. The zero-order chi connectivity index (χ0) is 13.9. The summed E-state index contributed by atoms with van der Waals surface area (Å²) in [5.41, 5.74) is 0. The third-order valence-corrected chi connectivity index (χ3v) is 4.43. The van der Waals surface area contributed by atoms with Gasteiger partial charge in [-0.25, -0.2) is 4.79 Å². The van der Waals surface area contributed by atoms with Crippen LogP contribution >= 0.6 is 0 Å². The van der Waals surface area contributed by atoms with E-state index in [4.69, 9.17) is 4.42 Å². The van der Waals surface area contributed by atoms with Gasteiger partial charge in [0.05, 0.1) is 13.7 Å². The molecule has 0 saturated carbocycles. The number of methoxy groups -OCH3 is 1. The molecule has 2 unspecified atom stereocenters. The van der Waals surface area contributed by atoms with Crippen LogP contribution in [0, 0.1) is 0 Å². The second-order valence-electron chi connectivity index (χ2n) is 5.69. The summed E-state index contributed by atoms with van der Waals surface area (Å²) in [6.07, 6.45) is 5.11. The number of nitrogens with one attached hydrogen (secondary N) is 1. The molecule has 3 heterocycles. The fraction of sp³-hybridized carbons (Fsp3) is 0.667. The van der Waals surface area contributed by atoms with Gasteiger partial charge in [-0.15, -0.1) is 0 Å². The molecule has 2 aliphatic rings. The maximum absolute atomic E-state index is 11.3. The van der Waals surface area contributed by atoms with Crippen molar-refractivity contribution in [3.05, 3.63) is 23.7 Å². The van der Waals surface area contributed by atoms with Crippen molar-refractivity contribution < 1.29 is 13.9 Å². The lowest BCUT2D eigenvalue weighted by molar-refractivity contribution is 0.0562. The number of nitrogens with zero attached hydrogens (tertiary/aromatic N) is 1. The molecule has 0 amide bonds. The monoisotopic (exact) mass is 278 g/mol. The molecule has 2 fully saturated rings. The molecular weight excluding hydrogens is 256 g/mol. The smallest absolute Gasteiger partial charge is 0.373 e. The Labute approximate surface area is 119 Å². The minimum absolute atomic E-state index is 0.273. The summed E-state index contributed by atoms with van der Waals surface area (Å²) in [5.74, 6) is 0.643. The first-order valence-electron chi connectivity index (χ1n) is 7.40. The highest BCUT2D eigenvalue weighted by atomic mass is 16.5. The Balaban J connectivity index is 1.49. The van der Waals surface area contributed by atoms with Crippen molar-refractivity contribution >= 4 is 5.97 Å². The third kappa shape index (κ3) is 2.88. The van der Waals surface area contributed by atoms with Gasteiger partial charge in [-0.3, -0.25) is 0 Å². The first-order chi connectivity index (χ1) is 9.76. The van der Waals surface area contributed by atoms with E-state index < -0.39 is 5.97 Å². The van der Waals surface area contributed by atoms with Crippen LogP contribution in [0.1, 0.15) is 42.0 Å². The van der Waals surface area contributed by atoms with Crippen molar-refractivity contribution in [2.45, 2.75) is 44.3 Å². The summed E-state index contributed by atoms with van der Waals surface area (Å²) in [4.78, 5) is 13.9. The number of fused-ring (bicyclic) bond motifs is 1. The molecule has 2 aliphatic heterocycles. The van der Waals surface area contributed by atoms with Crippen LogP contribution in [0.2, 0.25) is 0 Å². The largest absolute Gasteiger partial charge is 0.463 e. The molecule has 1 aromatic rings. The summed E-state index contributed by atoms with van der Waals surface area (Å²) in [7, 11) is 1.36. The second-order valence-corrected chi connectivity index (χ2v) is 5.69. The van der Waals surface area contributed by atoms with Gasteiger partial charge in [0, 0.05) is 12.1 Å². The van der Waals surface area contributed by atoms with E-state index in [1.165, 1.54) is 45.9 Å². The maximum Gasteiger partial charge on any atom is 0.373 e. The number of hydrogen-bond donors (Lipinski definition) is 1. The lowest BCUT2D eigenvalue weighted by atomic mass is 9.97. The van der Waals surface area contributed by atoms with Gasteiger partial charge in [0.15, 0.2) is 0 Å². The molecule has 2 saturated heterocycles. The molecule has 5 nitrogen and oxygen atoms in total. The molecule has 0 aliphatic carbocycles. The molecule has 5 heteroatoms. The Bertz CT molecular complexity index is 471. The Kier molecular flexibility index (Phi) is 4.08. The zero-order valence-corrected chi connectivity index (χ0v) is 11.9. The van der Waals surface area contributed by atoms with Crippen LogP contribution in [0.4, 0.5) is 0 Å². The van der Waals surface area contributed by atoms with Gasteiger partial charge in [-0.05, 0) is 50.9 Å². The normalized spacial score (nSPS) is 26.4. The molecule has 0 radical (unpaired) electrons. The molecule has 110 valence electrons. The predicted molar refractivity (Wildman–Crippen MR) is 74.5 cm³/mol. The van der Waals surface area contributed by atoms with Gasteiger partial charge in [0.25, 0.3) is 0 Å². The average molecular weight is 278 g/mol. The van der Waals surface area contributed by atoms with Crippen LogP contribution in [0.25, 0.3) is 0 Å². The van der Waals surface area contributed by atoms with Gasteiger partial charge < -0.3 is 19.4 Å². The number of carbonyl (C=O) groups is 1. The number of esters is 1. The van der Waals surface area contributed by atoms with Crippen molar-refractivity contribution in [2.24, 2.45) is 0 Å². The molecule has 1 aromatic heterocycles. The molecule has 3 rings (SSSR count). The number of furan rings is 1. The average Bonchev–Trinajstić information content (AvgIpc) is 3.12. The molecule has 0 aromatic carbocycles. The second kappa shape index (κ2) is 5.97. The summed E-state index contributed by atoms with van der Waals surface area (Å²) >= 11 is 0. The minimum atomic E-state index is -0.421. The Morgan fingerprint density at radius 1 is 1.45 bits per heavy atom. The first-order valence-corrected chi connectivity index (χ1v) is 7.40. The molecule has 20 heavy (non-hydrogen) atoms. The molecule has 0 bridgehead atoms. The highest BCUT2D eigenvalue weighted by Gasteiger charge is 2.31. The van der Waals surface area contributed by atoms with Crippen LogP contribution < -0.4 is 5.32 Å². The molecular formula is C15H22N2O3. The number of hydrogen-bond acceptors (Lipinski definition) is 5. The fourth-order valence-electron chi connectivity index (χ4n) is 3.34. The lowest BCUT2D eigenvalue weighted by Gasteiger charge is -2.35. The topological polar surface area (TPSA) is 54.7 Å². The summed E-state index contributed by atoms with van der Waals surface area (Å²) in [5, 5.41) is 3.55. The van der Waals surface area contributed by atoms with Crippen molar-refractivity contribution in [3.63, 3.8) is 0 Å². The Morgan fingerprint density at radius 3 is 3.20 bits per heavy atom. The van der Waals surface area contributed by atoms with Gasteiger partial charge in [-0.1, -0.05) is 0 Å². The van der Waals surface area contributed by atoms with E-state index in [1.54, 1.807) is 6.07 Å². The summed E-state index contributed by atoms with van der Waals surface area (Å²) in [6.45, 7) is 3.15. The predicted octanol–water partition coefficient (Wildman–Crippen LogP) is 1.78. The Hall–Kier alpha value is -1.33. The summed E-state index contributed by atoms with van der Waals surface area (Å²) < 4.78 is 10.1. The first kappa shape index (κ1) is 13.6. The highest BCUT2D eigenvalue weighted by Crippen LogP contribution is 2.27. The molecule has 2 atom stereocenters. The third-order valence-electron chi connectivity index (χ3n) is 4.43. The standard InChI is InChI=1S/C15H22N2O3/c1-19-15(18)14-5-4-13(20-14)10-16-11-6-8-17-7-2-3-12(17)9-11/h4-5,11-12,16H,2-3,6-10H2,1H3. The van der Waals surface area contributed by atoms with Gasteiger partial charge in [0.2, 0.25) is 5.76 Å². The van der Waals surface area contributed by atoms with Crippen LogP contribution in [0.5, 0.6) is 0 Å². The quantitative estimate of drug-likeness (QED) is 0.851. The van der Waals surface area contributed by atoms with E-state index in [2.05, 4.69) is 15.0 Å². The van der Waals surface area contributed by atoms with Crippen LogP contribution in [-0.4, -0.2) is 43.2 Å². The molecule has 0 spiro atoms. The van der Waals surface area contributed by atoms with Crippen molar-refractivity contribution in [2.75, 3.05) is 20.2 Å². The van der Waals surface area contributed by atoms with Crippen molar-refractivity contribution in [1.29, 1.82) is 0 Å². The van der Waals surface area contributed by atoms with Crippen LogP contribution in [0.15, 0.2) is 16.5 Å². The zero-order valence-electron chi connectivity index (χ0n) is 11.9. The highest BCUT2D eigenvalue weighted by molar-refractivity contribution is 5.86. The number of carbonyl (C=O) groups excluding carboxylic acids is 1. The van der Waals surface area contributed by atoms with E-state index in [1.807, 2.05) is 6.07 Å². The van der Waals surface area contributed by atoms with Crippen molar-refractivity contribution in [1.82, 2.24) is 10.2 Å². The van der Waals surface area contributed by atoms with Gasteiger partial charge in [0.1, 0.15) is 5.76 Å². The van der Waals surface area contributed by atoms with Gasteiger partial charge >= 0.3 is 5.97 Å². The maximum atomic E-state index is 11.3. The van der Waals surface area contributed by atoms with E-state index in [0.29, 0.717) is 12.6 Å². The van der Waals surface area contributed by atoms with Crippen LogP contribution in [0.3, 0.4) is 0 Å². The SMILES string of the molecule is COC(=O)c1ccc(CNC2CCN3CCCC3C2)o1. The van der Waals surface area contributed by atoms with Crippen molar-refractivity contribution in [3.8, 4) is 0 Å². The minimum Gasteiger partial charge on any atom is -0.463 e. The van der Waals surface area contributed by atoms with Crippen LogP contribution in [-0.2, 0) is 11.3 Å². The fourth-order valence-corrected chi connectivity index (χ4v) is 3.34. The van der Waals surface area contributed by atoms with E-state index in [9.17, 15) is 4.79 Å². The Morgan fingerprint density at radius 2 is 2.35 bits per heavy atom. The number of ether oxygens (including phenoxy) is 1.